The molecule has 0 aliphatic carbocycles. The van der Waals surface area contributed by atoms with Crippen LogP contribution in [0.5, 0.6) is 5.75 Å². The van der Waals surface area contributed by atoms with Crippen molar-refractivity contribution >= 4 is 34.7 Å². The van der Waals surface area contributed by atoms with Crippen LogP contribution in [0.2, 0.25) is 5.02 Å². The summed E-state index contributed by atoms with van der Waals surface area (Å²) in [6.45, 7) is 0. The van der Waals surface area contributed by atoms with E-state index in [1.165, 1.54) is 18.1 Å². The van der Waals surface area contributed by atoms with E-state index in [2.05, 4.69) is 4.98 Å². The number of hydrogen-bond donors (Lipinski definition) is 1. The van der Waals surface area contributed by atoms with Crippen molar-refractivity contribution in [3.8, 4) is 5.75 Å². The lowest BCUT2D eigenvalue weighted by Crippen LogP contribution is -2.29. The number of hydrogen-bond acceptors (Lipinski definition) is 5. The van der Waals surface area contributed by atoms with Crippen molar-refractivity contribution in [2.24, 2.45) is 0 Å². The number of aliphatic hydroxyl groups excluding tert-OH is 1. The normalized spacial score (nSPS) is 17.9. The van der Waals surface area contributed by atoms with Gasteiger partial charge >= 0.3 is 0 Å². The lowest BCUT2D eigenvalue weighted by molar-refractivity contribution is -0.132. The van der Waals surface area contributed by atoms with Crippen molar-refractivity contribution in [2.45, 2.75) is 6.04 Å². The fraction of sp³-hybridized carbons (Fsp3) is 0.0870. The molecule has 1 aliphatic rings. The molecular formula is C23H17ClN2O4. The summed E-state index contributed by atoms with van der Waals surface area (Å²) in [4.78, 5) is 31.4. The van der Waals surface area contributed by atoms with Gasteiger partial charge in [-0.05, 0) is 48.0 Å². The van der Waals surface area contributed by atoms with Crippen LogP contribution < -0.4 is 9.64 Å². The summed E-state index contributed by atoms with van der Waals surface area (Å²) in [6, 6.07) is 16.1. The van der Waals surface area contributed by atoms with Crippen LogP contribution in [0.15, 0.2) is 78.6 Å². The Morgan fingerprint density at radius 3 is 2.43 bits per heavy atom. The second kappa shape index (κ2) is 8.00. The van der Waals surface area contributed by atoms with E-state index >= 15 is 0 Å². The molecule has 1 aliphatic heterocycles. The minimum absolute atomic E-state index is 0.0144. The summed E-state index contributed by atoms with van der Waals surface area (Å²) in [5, 5.41) is 11.4. The Morgan fingerprint density at radius 1 is 1.07 bits per heavy atom. The molecule has 3 aromatic rings. The van der Waals surface area contributed by atoms with Crippen molar-refractivity contribution in [3.63, 3.8) is 0 Å². The molecule has 1 saturated heterocycles. The smallest absolute Gasteiger partial charge is 0.300 e. The summed E-state index contributed by atoms with van der Waals surface area (Å²) in [5.74, 6) is -1.44. The van der Waals surface area contributed by atoms with Crippen LogP contribution >= 0.6 is 11.6 Å². The van der Waals surface area contributed by atoms with Crippen LogP contribution in [0.4, 0.5) is 5.69 Å². The van der Waals surface area contributed by atoms with Crippen molar-refractivity contribution in [2.75, 3.05) is 12.0 Å². The molecule has 0 saturated carbocycles. The number of methoxy groups -OCH3 is 1. The Hall–Kier alpha value is -3.64. The van der Waals surface area contributed by atoms with Gasteiger partial charge in [-0.1, -0.05) is 29.8 Å². The summed E-state index contributed by atoms with van der Waals surface area (Å²) in [5.41, 5.74) is 1.51. The van der Waals surface area contributed by atoms with Gasteiger partial charge in [0.1, 0.15) is 11.5 Å². The van der Waals surface area contributed by atoms with Gasteiger partial charge in [0.25, 0.3) is 11.7 Å². The van der Waals surface area contributed by atoms with Gasteiger partial charge in [0.05, 0.1) is 23.7 Å². The molecular weight excluding hydrogens is 404 g/mol. The highest BCUT2D eigenvalue weighted by Crippen LogP contribution is 2.42. The van der Waals surface area contributed by atoms with Crippen LogP contribution in [0.25, 0.3) is 5.76 Å². The van der Waals surface area contributed by atoms with E-state index in [1.807, 2.05) is 6.07 Å². The highest BCUT2D eigenvalue weighted by Gasteiger charge is 2.46. The van der Waals surface area contributed by atoms with E-state index in [0.717, 1.165) is 0 Å². The molecule has 0 radical (unpaired) electrons. The van der Waals surface area contributed by atoms with Crippen molar-refractivity contribution < 1.29 is 19.4 Å². The van der Waals surface area contributed by atoms with E-state index < -0.39 is 17.7 Å². The molecule has 4 rings (SSSR count). The minimum atomic E-state index is -0.808. The molecule has 150 valence electrons. The number of ether oxygens (including phenoxy) is 1. The highest BCUT2D eigenvalue weighted by atomic mass is 35.5. The second-order valence-electron chi connectivity index (χ2n) is 6.63. The van der Waals surface area contributed by atoms with Crippen LogP contribution in [0, 0.1) is 0 Å². The zero-order valence-corrected chi connectivity index (χ0v) is 16.7. The first-order chi connectivity index (χ1) is 14.5. The molecule has 1 N–H and O–H groups in total. The summed E-state index contributed by atoms with van der Waals surface area (Å²) in [6.07, 6.45) is 3.15. The number of halogens is 1. The molecule has 1 amide bonds. The molecule has 1 unspecified atom stereocenters. The first-order valence-electron chi connectivity index (χ1n) is 9.13. The summed E-state index contributed by atoms with van der Waals surface area (Å²) >= 11 is 6.08. The average molecular weight is 421 g/mol. The number of anilines is 1. The average Bonchev–Trinajstić information content (AvgIpc) is 3.05. The van der Waals surface area contributed by atoms with Gasteiger partial charge in [0.2, 0.25) is 0 Å². The maximum Gasteiger partial charge on any atom is 0.300 e. The maximum absolute atomic E-state index is 13.0. The molecule has 6 nitrogen and oxygen atoms in total. The van der Waals surface area contributed by atoms with Gasteiger partial charge in [-0.2, -0.15) is 0 Å². The summed E-state index contributed by atoms with van der Waals surface area (Å²) in [7, 11) is 1.45. The molecule has 1 fully saturated rings. The number of aromatic nitrogens is 1. The van der Waals surface area contributed by atoms with Crippen molar-refractivity contribution in [1.82, 2.24) is 4.98 Å². The van der Waals surface area contributed by atoms with E-state index in [-0.39, 0.29) is 11.3 Å². The predicted octanol–water partition coefficient (Wildman–Crippen LogP) is 4.37. The Morgan fingerprint density at radius 2 is 1.77 bits per heavy atom. The van der Waals surface area contributed by atoms with Gasteiger partial charge in [-0.3, -0.25) is 19.5 Å². The summed E-state index contributed by atoms with van der Waals surface area (Å²) < 4.78 is 5.21. The first-order valence-corrected chi connectivity index (χ1v) is 9.50. The van der Waals surface area contributed by atoms with Gasteiger partial charge < -0.3 is 9.84 Å². The number of pyridine rings is 1. The molecule has 7 heteroatoms. The van der Waals surface area contributed by atoms with E-state index in [0.29, 0.717) is 27.6 Å². The monoisotopic (exact) mass is 420 g/mol. The number of carbonyl (C=O) groups is 2. The van der Waals surface area contributed by atoms with Gasteiger partial charge in [0, 0.05) is 23.6 Å². The van der Waals surface area contributed by atoms with E-state index in [1.54, 1.807) is 60.9 Å². The molecule has 0 bridgehead atoms. The number of benzene rings is 2. The van der Waals surface area contributed by atoms with Gasteiger partial charge in [-0.25, -0.2) is 0 Å². The SMILES string of the molecule is COc1cc(/C(O)=C2/C(=O)C(=O)N(c3ccccc3)C2c2ccncc2)ccc1Cl. The number of rotatable bonds is 4. The topological polar surface area (TPSA) is 79.7 Å². The number of nitrogens with zero attached hydrogens (tertiary/aromatic N) is 2. The zero-order valence-electron chi connectivity index (χ0n) is 15.9. The van der Waals surface area contributed by atoms with Crippen LogP contribution in [-0.4, -0.2) is 28.9 Å². The minimum Gasteiger partial charge on any atom is -0.507 e. The molecule has 1 aromatic heterocycles. The second-order valence-corrected chi connectivity index (χ2v) is 7.04. The highest BCUT2D eigenvalue weighted by molar-refractivity contribution is 6.51. The van der Waals surface area contributed by atoms with Crippen LogP contribution in [0.3, 0.4) is 0 Å². The maximum atomic E-state index is 13.0. The number of amides is 1. The number of Topliss-reactive ketones (excluding diaryl/α,β-unsaturated/α-hetero) is 1. The van der Waals surface area contributed by atoms with Crippen molar-refractivity contribution in [3.05, 3.63) is 94.8 Å². The third-order valence-corrected chi connectivity index (χ3v) is 5.24. The van der Waals surface area contributed by atoms with E-state index in [9.17, 15) is 14.7 Å². The van der Waals surface area contributed by atoms with Crippen LogP contribution in [0.1, 0.15) is 17.2 Å². The Kier molecular flexibility index (Phi) is 5.25. The van der Waals surface area contributed by atoms with Gasteiger partial charge in [-0.15, -0.1) is 0 Å². The number of para-hydroxylation sites is 1. The third kappa shape index (κ3) is 3.31. The quantitative estimate of drug-likeness (QED) is 0.385. The third-order valence-electron chi connectivity index (χ3n) is 4.93. The molecule has 2 heterocycles. The lowest BCUT2D eigenvalue weighted by Gasteiger charge is -2.25. The lowest BCUT2D eigenvalue weighted by atomic mass is 9.95. The van der Waals surface area contributed by atoms with Crippen LogP contribution in [-0.2, 0) is 9.59 Å². The van der Waals surface area contributed by atoms with Crippen molar-refractivity contribution in [1.29, 1.82) is 0 Å². The standard InChI is InChI=1S/C23H17ClN2O4/c1-30-18-13-15(7-8-17(18)24)21(27)19-20(14-9-11-25-12-10-14)26(23(29)22(19)28)16-5-3-2-4-6-16/h2-13,20,27H,1H3/b21-19-. The molecule has 2 aromatic carbocycles. The molecule has 0 spiro atoms. The fourth-order valence-corrected chi connectivity index (χ4v) is 3.71. The number of aliphatic hydroxyl groups is 1. The fourth-order valence-electron chi connectivity index (χ4n) is 3.51. The first kappa shape index (κ1) is 19.7. The molecule has 1 atom stereocenters. The molecule has 30 heavy (non-hydrogen) atoms. The Balaban J connectivity index is 1.94. The Labute approximate surface area is 178 Å². The number of ketones is 1. The van der Waals surface area contributed by atoms with Gasteiger partial charge in [0.15, 0.2) is 0 Å². The number of carbonyl (C=O) groups excluding carboxylic acids is 2. The Bertz CT molecular complexity index is 1150. The predicted molar refractivity (Wildman–Crippen MR) is 113 cm³/mol. The largest absolute Gasteiger partial charge is 0.507 e. The zero-order chi connectivity index (χ0) is 21.3. The van der Waals surface area contributed by atoms with E-state index in [4.69, 9.17) is 16.3 Å².